The van der Waals surface area contributed by atoms with Gasteiger partial charge in [-0.3, -0.25) is 0 Å². The van der Waals surface area contributed by atoms with E-state index in [0.717, 1.165) is 17.5 Å². The molecule has 1 N–H and O–H groups in total. The smallest absolute Gasteiger partial charge is 0.127 e. The third-order valence-electron chi connectivity index (χ3n) is 9.19. The second-order valence-electron chi connectivity index (χ2n) is 12.8. The van der Waals surface area contributed by atoms with Gasteiger partial charge in [0.1, 0.15) is 30.5 Å². The van der Waals surface area contributed by atoms with E-state index in [9.17, 15) is 5.11 Å². The monoisotopic (exact) mass is 528 g/mol. The molecule has 0 spiro atoms. The van der Waals surface area contributed by atoms with Crippen molar-refractivity contribution < 1.29 is 19.3 Å². The highest BCUT2D eigenvalue weighted by molar-refractivity contribution is 5.42. The number of hydrogen-bond acceptors (Lipinski definition) is 4. The summed E-state index contributed by atoms with van der Waals surface area (Å²) in [5.74, 6) is 2.89. The van der Waals surface area contributed by atoms with Crippen LogP contribution in [0.1, 0.15) is 64.5 Å². The maximum Gasteiger partial charge on any atom is 0.127 e. The number of ether oxygens (including phenoxy) is 3. The van der Waals surface area contributed by atoms with Gasteiger partial charge in [-0.2, -0.15) is 0 Å². The molecule has 4 nitrogen and oxygen atoms in total. The molecule has 2 aliphatic rings. The van der Waals surface area contributed by atoms with Gasteiger partial charge in [-0.05, 0) is 53.1 Å². The molecule has 0 aliphatic heterocycles. The molecule has 2 fully saturated rings. The minimum Gasteiger partial charge on any atom is -0.493 e. The van der Waals surface area contributed by atoms with Crippen LogP contribution in [0.15, 0.2) is 78.9 Å². The minimum atomic E-state index is -0.369. The molecule has 39 heavy (non-hydrogen) atoms. The van der Waals surface area contributed by atoms with E-state index < -0.39 is 0 Å². The Morgan fingerprint density at radius 2 is 1.26 bits per heavy atom. The number of benzene rings is 3. The molecule has 5 rings (SSSR count). The van der Waals surface area contributed by atoms with Crippen LogP contribution in [0.2, 0.25) is 0 Å². The Bertz CT molecular complexity index is 1150. The van der Waals surface area contributed by atoms with Gasteiger partial charge in [0.15, 0.2) is 0 Å². The lowest BCUT2D eigenvalue weighted by atomic mass is 9.46. The highest BCUT2D eigenvalue weighted by Crippen LogP contribution is 2.60. The van der Waals surface area contributed by atoms with Crippen molar-refractivity contribution in [2.45, 2.75) is 72.7 Å². The maximum atomic E-state index is 11.4. The topological polar surface area (TPSA) is 47.9 Å². The zero-order valence-corrected chi connectivity index (χ0v) is 23.9. The van der Waals surface area contributed by atoms with Gasteiger partial charge in [0.25, 0.3) is 0 Å². The molecule has 2 aliphatic carbocycles. The lowest BCUT2D eigenvalue weighted by Crippen LogP contribution is -2.57. The molecular weight excluding hydrogens is 484 g/mol. The first-order chi connectivity index (χ1) is 18.7. The number of rotatable bonds is 9. The standard InChI is InChI=1S/C35H44O4/c1-25-21-35(4)17-11-16-34(2,3)33(35)31(32(25)36)24-39-30-19-28(37-22-26-12-7-5-8-13-26)18-29(20-30)38-23-27-14-9-6-10-15-27/h5-10,12-15,18-20,25,31-33,36H,11,16-17,21-24H2,1-4H3/t25?,31-,32+,33-,35-/m0/s1. The number of fused-ring (bicyclic) bond motifs is 1. The molecule has 0 heterocycles. The summed E-state index contributed by atoms with van der Waals surface area (Å²) in [7, 11) is 0. The molecule has 0 saturated heterocycles. The average molecular weight is 529 g/mol. The Kier molecular flexibility index (Phi) is 8.23. The van der Waals surface area contributed by atoms with E-state index in [0.29, 0.717) is 43.0 Å². The lowest BCUT2D eigenvalue weighted by Gasteiger charge is -2.59. The van der Waals surface area contributed by atoms with Gasteiger partial charge in [-0.25, -0.2) is 0 Å². The predicted octanol–water partition coefficient (Wildman–Crippen LogP) is 8.07. The van der Waals surface area contributed by atoms with Crippen molar-refractivity contribution in [2.75, 3.05) is 6.61 Å². The summed E-state index contributed by atoms with van der Waals surface area (Å²) < 4.78 is 18.9. The van der Waals surface area contributed by atoms with Gasteiger partial charge in [0.2, 0.25) is 0 Å². The molecule has 4 heteroatoms. The zero-order valence-electron chi connectivity index (χ0n) is 23.9. The molecular formula is C35H44O4. The van der Waals surface area contributed by atoms with Crippen LogP contribution in [-0.4, -0.2) is 17.8 Å². The summed E-state index contributed by atoms with van der Waals surface area (Å²) in [5, 5.41) is 11.4. The molecule has 0 radical (unpaired) electrons. The molecule has 0 aromatic heterocycles. The Hall–Kier alpha value is -2.98. The first-order valence-corrected chi connectivity index (χ1v) is 14.5. The highest BCUT2D eigenvalue weighted by Gasteiger charge is 2.56. The Morgan fingerprint density at radius 1 is 0.744 bits per heavy atom. The van der Waals surface area contributed by atoms with Gasteiger partial charge in [0.05, 0.1) is 12.7 Å². The first-order valence-electron chi connectivity index (χ1n) is 14.5. The molecule has 208 valence electrons. The SMILES string of the molecule is CC1C[C@]2(C)CCCC(C)(C)[C@@H]2[C@@H](COc2cc(OCc3ccccc3)cc(OCc3ccccc3)c2)[C@@H]1O. The van der Waals surface area contributed by atoms with Crippen LogP contribution in [0.5, 0.6) is 17.2 Å². The highest BCUT2D eigenvalue weighted by atomic mass is 16.5. The third-order valence-corrected chi connectivity index (χ3v) is 9.19. The van der Waals surface area contributed by atoms with E-state index in [1.807, 2.05) is 54.6 Å². The van der Waals surface area contributed by atoms with Crippen LogP contribution in [0.4, 0.5) is 0 Å². The van der Waals surface area contributed by atoms with E-state index in [4.69, 9.17) is 14.2 Å². The van der Waals surface area contributed by atoms with Crippen LogP contribution in [0, 0.1) is 28.6 Å². The van der Waals surface area contributed by atoms with E-state index >= 15 is 0 Å². The summed E-state index contributed by atoms with van der Waals surface area (Å²) in [6.07, 6.45) is 4.41. The van der Waals surface area contributed by atoms with Gasteiger partial charge >= 0.3 is 0 Å². The summed E-state index contributed by atoms with van der Waals surface area (Å²) in [6, 6.07) is 26.1. The van der Waals surface area contributed by atoms with Crippen LogP contribution >= 0.6 is 0 Å². The molecule has 3 aromatic carbocycles. The first kappa shape index (κ1) is 27.6. The van der Waals surface area contributed by atoms with Gasteiger partial charge < -0.3 is 19.3 Å². The van der Waals surface area contributed by atoms with Crippen molar-refractivity contribution in [2.24, 2.45) is 28.6 Å². The fourth-order valence-electron chi connectivity index (χ4n) is 7.67. The van der Waals surface area contributed by atoms with Crippen molar-refractivity contribution in [3.05, 3.63) is 90.0 Å². The van der Waals surface area contributed by atoms with Crippen molar-refractivity contribution >= 4 is 0 Å². The second kappa shape index (κ2) is 11.6. The summed E-state index contributed by atoms with van der Waals surface area (Å²) in [6.45, 7) is 10.8. The molecule has 3 aromatic rings. The van der Waals surface area contributed by atoms with E-state index in [2.05, 4.69) is 52.0 Å². The molecule has 0 bridgehead atoms. The maximum absolute atomic E-state index is 11.4. The normalized spacial score (nSPS) is 27.8. The quantitative estimate of drug-likeness (QED) is 0.305. The van der Waals surface area contributed by atoms with Gasteiger partial charge in [0, 0.05) is 24.1 Å². The number of aliphatic hydroxyl groups is 1. The Balaban J connectivity index is 1.36. The minimum absolute atomic E-state index is 0.0802. The van der Waals surface area contributed by atoms with Crippen molar-refractivity contribution in [1.29, 1.82) is 0 Å². The predicted molar refractivity (Wildman–Crippen MR) is 156 cm³/mol. The lowest BCUT2D eigenvalue weighted by molar-refractivity contribution is -0.151. The van der Waals surface area contributed by atoms with Crippen molar-refractivity contribution in [3.8, 4) is 17.2 Å². The van der Waals surface area contributed by atoms with Crippen LogP contribution in [0.25, 0.3) is 0 Å². The molecule has 5 atom stereocenters. The Morgan fingerprint density at radius 3 is 1.79 bits per heavy atom. The van der Waals surface area contributed by atoms with Gasteiger partial charge in [-0.15, -0.1) is 0 Å². The fourth-order valence-corrected chi connectivity index (χ4v) is 7.67. The molecule has 1 unspecified atom stereocenters. The summed E-state index contributed by atoms with van der Waals surface area (Å²) in [5.41, 5.74) is 2.62. The average Bonchev–Trinajstić information content (AvgIpc) is 2.92. The fraction of sp³-hybridized carbons (Fsp3) is 0.486. The van der Waals surface area contributed by atoms with Crippen LogP contribution < -0.4 is 14.2 Å². The zero-order chi connectivity index (χ0) is 27.5. The van der Waals surface area contributed by atoms with Crippen LogP contribution in [0.3, 0.4) is 0 Å². The third kappa shape index (κ3) is 6.44. The summed E-state index contributed by atoms with van der Waals surface area (Å²) >= 11 is 0. The van der Waals surface area contributed by atoms with Gasteiger partial charge in [-0.1, -0.05) is 94.8 Å². The number of aliphatic hydroxyl groups excluding tert-OH is 1. The van der Waals surface area contributed by atoms with Crippen molar-refractivity contribution in [3.63, 3.8) is 0 Å². The Labute approximate surface area is 234 Å². The molecule has 2 saturated carbocycles. The van der Waals surface area contributed by atoms with E-state index in [1.165, 1.54) is 19.3 Å². The second-order valence-corrected chi connectivity index (χ2v) is 12.8. The summed E-state index contributed by atoms with van der Waals surface area (Å²) in [4.78, 5) is 0. The number of hydrogen-bond donors (Lipinski definition) is 1. The molecule has 0 amide bonds. The van der Waals surface area contributed by atoms with Crippen molar-refractivity contribution in [1.82, 2.24) is 0 Å². The van der Waals surface area contributed by atoms with E-state index in [-0.39, 0.29) is 28.8 Å². The van der Waals surface area contributed by atoms with E-state index in [1.54, 1.807) is 0 Å². The largest absolute Gasteiger partial charge is 0.493 e. The van der Waals surface area contributed by atoms with Crippen LogP contribution in [-0.2, 0) is 13.2 Å².